The van der Waals surface area contributed by atoms with Crippen molar-refractivity contribution in [2.75, 3.05) is 6.54 Å². The molecule has 0 saturated heterocycles. The van der Waals surface area contributed by atoms with Gasteiger partial charge in [0.2, 0.25) is 0 Å². The number of rotatable bonds is 5. The highest BCUT2D eigenvalue weighted by Crippen LogP contribution is 2.32. The fourth-order valence-corrected chi connectivity index (χ4v) is 3.66. The maximum absolute atomic E-state index is 3.60. The molecule has 1 aromatic rings. The van der Waals surface area contributed by atoms with Crippen LogP contribution in [0.2, 0.25) is 0 Å². The molecule has 1 aliphatic carbocycles. The van der Waals surface area contributed by atoms with Crippen molar-refractivity contribution in [1.82, 2.24) is 5.32 Å². The van der Waals surface area contributed by atoms with Crippen LogP contribution >= 0.6 is 11.3 Å². The lowest BCUT2D eigenvalue weighted by molar-refractivity contribution is 0.588. The Morgan fingerprint density at radius 3 is 3.00 bits per heavy atom. The second-order valence-corrected chi connectivity index (χ2v) is 6.01. The van der Waals surface area contributed by atoms with Crippen molar-refractivity contribution >= 4 is 11.3 Å². The van der Waals surface area contributed by atoms with E-state index in [-0.39, 0.29) is 0 Å². The lowest BCUT2D eigenvalue weighted by atomic mass is 9.99. The summed E-state index contributed by atoms with van der Waals surface area (Å²) in [6, 6.07) is 2.95. The van der Waals surface area contributed by atoms with Crippen molar-refractivity contribution < 1.29 is 0 Å². The molecule has 17 heavy (non-hydrogen) atoms. The molecule has 1 heterocycles. The Labute approximate surface area is 109 Å². The van der Waals surface area contributed by atoms with E-state index in [0.717, 1.165) is 13.0 Å². The van der Waals surface area contributed by atoms with E-state index in [1.54, 1.807) is 10.4 Å². The van der Waals surface area contributed by atoms with E-state index in [2.05, 4.69) is 37.4 Å². The van der Waals surface area contributed by atoms with Crippen molar-refractivity contribution in [1.29, 1.82) is 0 Å². The first-order valence-corrected chi connectivity index (χ1v) is 7.59. The molecule has 1 aromatic heterocycles. The minimum atomic E-state index is 0.510. The SMILES string of the molecule is C/C=C/CCNC(C)c1cc2c(s1)CCCC2. The molecule has 0 spiro atoms. The van der Waals surface area contributed by atoms with Crippen molar-refractivity contribution in [3.8, 4) is 0 Å². The van der Waals surface area contributed by atoms with Crippen LogP contribution in [0.3, 0.4) is 0 Å². The highest BCUT2D eigenvalue weighted by molar-refractivity contribution is 7.12. The molecule has 0 saturated carbocycles. The molecule has 1 aliphatic rings. The van der Waals surface area contributed by atoms with Gasteiger partial charge in [0.1, 0.15) is 0 Å². The smallest absolute Gasteiger partial charge is 0.0386 e. The lowest BCUT2D eigenvalue weighted by Crippen LogP contribution is -2.18. The lowest BCUT2D eigenvalue weighted by Gasteiger charge is -2.10. The van der Waals surface area contributed by atoms with Crippen LogP contribution in [0, 0.1) is 0 Å². The Balaban J connectivity index is 1.90. The van der Waals surface area contributed by atoms with E-state index < -0.39 is 0 Å². The van der Waals surface area contributed by atoms with Crippen molar-refractivity contribution in [3.05, 3.63) is 33.5 Å². The largest absolute Gasteiger partial charge is 0.309 e. The average Bonchev–Trinajstić information content (AvgIpc) is 2.78. The van der Waals surface area contributed by atoms with Crippen LogP contribution in [0.15, 0.2) is 18.2 Å². The summed E-state index contributed by atoms with van der Waals surface area (Å²) >= 11 is 2.03. The molecule has 0 aromatic carbocycles. The van der Waals surface area contributed by atoms with Gasteiger partial charge in [0, 0.05) is 15.8 Å². The number of hydrogen-bond donors (Lipinski definition) is 1. The number of hydrogen-bond acceptors (Lipinski definition) is 2. The van der Waals surface area contributed by atoms with Crippen molar-refractivity contribution in [2.24, 2.45) is 0 Å². The molecule has 94 valence electrons. The molecule has 1 atom stereocenters. The van der Waals surface area contributed by atoms with Gasteiger partial charge in [0.25, 0.3) is 0 Å². The summed E-state index contributed by atoms with van der Waals surface area (Å²) in [6.07, 6.45) is 10.9. The summed E-state index contributed by atoms with van der Waals surface area (Å²) < 4.78 is 0. The molecule has 0 bridgehead atoms. The molecular formula is C15H23NS. The van der Waals surface area contributed by atoms with Gasteiger partial charge in [-0.25, -0.2) is 0 Å². The van der Waals surface area contributed by atoms with E-state index in [9.17, 15) is 0 Å². The molecule has 0 aliphatic heterocycles. The highest BCUT2D eigenvalue weighted by atomic mass is 32.1. The van der Waals surface area contributed by atoms with Crippen LogP contribution in [0.4, 0.5) is 0 Å². The zero-order valence-electron chi connectivity index (χ0n) is 11.0. The van der Waals surface area contributed by atoms with Crippen LogP contribution in [-0.2, 0) is 12.8 Å². The maximum atomic E-state index is 3.60. The van der Waals surface area contributed by atoms with E-state index in [1.807, 2.05) is 11.3 Å². The Bertz CT molecular complexity index is 355. The molecule has 0 amide bonds. The topological polar surface area (TPSA) is 12.0 Å². The normalized spacial score (nSPS) is 17.3. The number of thiophene rings is 1. The molecule has 1 nitrogen and oxygen atoms in total. The molecule has 0 fully saturated rings. The van der Waals surface area contributed by atoms with Gasteiger partial charge in [-0.2, -0.15) is 0 Å². The standard InChI is InChI=1S/C15H23NS/c1-3-4-7-10-16-12(2)15-11-13-8-5-6-9-14(13)17-15/h3-4,11-12,16H,5-10H2,1-2H3/b4-3+. The first-order chi connectivity index (χ1) is 8.31. The first-order valence-electron chi connectivity index (χ1n) is 6.77. The zero-order chi connectivity index (χ0) is 12.1. The van der Waals surface area contributed by atoms with E-state index in [1.165, 1.54) is 30.6 Å². The van der Waals surface area contributed by atoms with Gasteiger partial charge in [-0.15, -0.1) is 11.3 Å². The molecular weight excluding hydrogens is 226 g/mol. The second-order valence-electron chi connectivity index (χ2n) is 4.84. The Morgan fingerprint density at radius 1 is 1.41 bits per heavy atom. The summed E-state index contributed by atoms with van der Waals surface area (Å²) in [7, 11) is 0. The summed E-state index contributed by atoms with van der Waals surface area (Å²) in [4.78, 5) is 3.17. The van der Waals surface area contributed by atoms with Crippen molar-refractivity contribution in [3.63, 3.8) is 0 Å². The molecule has 0 radical (unpaired) electrons. The van der Waals surface area contributed by atoms with Gasteiger partial charge in [0.15, 0.2) is 0 Å². The second kappa shape index (κ2) is 6.36. The average molecular weight is 249 g/mol. The third-order valence-electron chi connectivity index (χ3n) is 3.44. The number of allylic oxidation sites excluding steroid dienone is 1. The van der Waals surface area contributed by atoms with Crippen LogP contribution < -0.4 is 5.32 Å². The third kappa shape index (κ3) is 3.43. The van der Waals surface area contributed by atoms with Gasteiger partial charge >= 0.3 is 0 Å². The Hall–Kier alpha value is -0.600. The van der Waals surface area contributed by atoms with E-state index in [4.69, 9.17) is 0 Å². The Kier molecular flexibility index (Phi) is 4.81. The van der Waals surface area contributed by atoms with Gasteiger partial charge < -0.3 is 5.32 Å². The fraction of sp³-hybridized carbons (Fsp3) is 0.600. The summed E-state index contributed by atoms with van der Waals surface area (Å²) in [5.74, 6) is 0. The minimum Gasteiger partial charge on any atom is -0.309 e. The predicted octanol–water partition coefficient (Wildman–Crippen LogP) is 4.24. The quantitative estimate of drug-likeness (QED) is 0.608. The molecule has 1 unspecified atom stereocenters. The highest BCUT2D eigenvalue weighted by Gasteiger charge is 2.15. The fourth-order valence-electron chi connectivity index (χ4n) is 2.38. The monoisotopic (exact) mass is 249 g/mol. The minimum absolute atomic E-state index is 0.510. The molecule has 2 heteroatoms. The van der Waals surface area contributed by atoms with Gasteiger partial charge in [-0.05, 0) is 64.1 Å². The zero-order valence-corrected chi connectivity index (χ0v) is 11.8. The summed E-state index contributed by atoms with van der Waals surface area (Å²) in [5.41, 5.74) is 1.62. The van der Waals surface area contributed by atoms with Crippen LogP contribution in [0.1, 0.15) is 54.5 Å². The van der Waals surface area contributed by atoms with Gasteiger partial charge in [0.05, 0.1) is 0 Å². The number of aryl methyl sites for hydroxylation is 2. The van der Waals surface area contributed by atoms with Crippen molar-refractivity contribution in [2.45, 2.75) is 52.0 Å². The van der Waals surface area contributed by atoms with E-state index >= 15 is 0 Å². The summed E-state index contributed by atoms with van der Waals surface area (Å²) in [5, 5.41) is 3.60. The molecule has 2 rings (SSSR count). The van der Waals surface area contributed by atoms with Crippen LogP contribution in [0.5, 0.6) is 0 Å². The van der Waals surface area contributed by atoms with Gasteiger partial charge in [-0.1, -0.05) is 12.2 Å². The first kappa shape index (κ1) is 12.8. The third-order valence-corrected chi connectivity index (χ3v) is 4.86. The number of fused-ring (bicyclic) bond motifs is 1. The maximum Gasteiger partial charge on any atom is 0.0386 e. The van der Waals surface area contributed by atoms with Crippen LogP contribution in [0.25, 0.3) is 0 Å². The van der Waals surface area contributed by atoms with Gasteiger partial charge in [-0.3, -0.25) is 0 Å². The summed E-state index contributed by atoms with van der Waals surface area (Å²) in [6.45, 7) is 5.44. The van der Waals surface area contributed by atoms with E-state index in [0.29, 0.717) is 6.04 Å². The Morgan fingerprint density at radius 2 is 2.24 bits per heavy atom. The molecule has 1 N–H and O–H groups in total. The predicted molar refractivity (Wildman–Crippen MR) is 76.8 cm³/mol. The van der Waals surface area contributed by atoms with Crippen LogP contribution in [-0.4, -0.2) is 6.54 Å². The number of nitrogens with one attached hydrogen (secondary N) is 1.